The summed E-state index contributed by atoms with van der Waals surface area (Å²) in [5.74, 6) is 0.113. The van der Waals surface area contributed by atoms with Gasteiger partial charge in [-0.1, -0.05) is 6.92 Å². The number of nitrogens with zero attached hydrogens (tertiary/aromatic N) is 1. The van der Waals surface area contributed by atoms with Crippen LogP contribution in [0.5, 0.6) is 0 Å². The van der Waals surface area contributed by atoms with Crippen molar-refractivity contribution in [3.8, 4) is 0 Å². The van der Waals surface area contributed by atoms with Crippen molar-refractivity contribution in [2.45, 2.75) is 26.7 Å². The largest absolute Gasteiger partial charge is 0.355 e. The molecule has 0 bridgehead atoms. The van der Waals surface area contributed by atoms with E-state index in [9.17, 15) is 9.59 Å². The molecule has 1 rings (SSSR count). The molecule has 0 aromatic carbocycles. The van der Waals surface area contributed by atoms with E-state index in [0.717, 1.165) is 25.9 Å². The molecule has 1 saturated heterocycles. The highest BCUT2D eigenvalue weighted by Gasteiger charge is 2.29. The summed E-state index contributed by atoms with van der Waals surface area (Å²) < 4.78 is 0. The minimum Gasteiger partial charge on any atom is -0.355 e. The van der Waals surface area contributed by atoms with E-state index < -0.39 is 0 Å². The minimum atomic E-state index is -0.0231. The van der Waals surface area contributed by atoms with Crippen LogP contribution < -0.4 is 10.6 Å². The Balaban J connectivity index is 2.14. The molecule has 2 amide bonds. The molecule has 1 atom stereocenters. The van der Waals surface area contributed by atoms with Crippen LogP contribution in [0, 0.1) is 5.92 Å². The van der Waals surface area contributed by atoms with Crippen LogP contribution >= 0.6 is 0 Å². The van der Waals surface area contributed by atoms with Gasteiger partial charge in [-0.15, -0.1) is 0 Å². The third kappa shape index (κ3) is 4.73. The van der Waals surface area contributed by atoms with Gasteiger partial charge in [-0.2, -0.15) is 0 Å². The molecule has 5 heteroatoms. The highest BCUT2D eigenvalue weighted by atomic mass is 16.2. The lowest BCUT2D eigenvalue weighted by Crippen LogP contribution is -2.37. The van der Waals surface area contributed by atoms with E-state index in [1.165, 1.54) is 0 Å². The first-order valence-electron chi connectivity index (χ1n) is 6.39. The Hall–Kier alpha value is -1.10. The van der Waals surface area contributed by atoms with E-state index in [0.29, 0.717) is 19.6 Å². The molecule has 0 radical (unpaired) electrons. The van der Waals surface area contributed by atoms with Gasteiger partial charge in [-0.25, -0.2) is 0 Å². The van der Waals surface area contributed by atoms with Crippen LogP contribution in [0.4, 0.5) is 0 Å². The first kappa shape index (κ1) is 14.0. The Labute approximate surface area is 103 Å². The molecule has 1 aliphatic rings. The number of hydrogen-bond donors (Lipinski definition) is 2. The van der Waals surface area contributed by atoms with E-state index in [1.54, 1.807) is 11.8 Å². The molecule has 0 spiro atoms. The van der Waals surface area contributed by atoms with Crippen molar-refractivity contribution in [2.75, 3.05) is 32.7 Å². The average molecular weight is 241 g/mol. The predicted molar refractivity (Wildman–Crippen MR) is 66.5 cm³/mol. The average Bonchev–Trinajstić information content (AvgIpc) is 2.78. The zero-order valence-corrected chi connectivity index (χ0v) is 10.8. The van der Waals surface area contributed by atoms with Crippen molar-refractivity contribution in [3.63, 3.8) is 0 Å². The number of rotatable bonds is 6. The normalized spacial score (nSPS) is 19.4. The fourth-order valence-electron chi connectivity index (χ4n) is 1.98. The lowest BCUT2D eigenvalue weighted by atomic mass is 10.1. The standard InChI is InChI=1S/C12H23N3O2/c1-3-5-13-6-7-14-12(17)11-4-8-15(9-11)10(2)16/h11,13H,3-9H2,1-2H3,(H,14,17). The summed E-state index contributed by atoms with van der Waals surface area (Å²) in [7, 11) is 0. The van der Waals surface area contributed by atoms with Gasteiger partial charge in [0, 0.05) is 33.1 Å². The molecule has 0 aromatic rings. The molecule has 0 saturated carbocycles. The summed E-state index contributed by atoms with van der Waals surface area (Å²) in [5.41, 5.74) is 0. The SMILES string of the molecule is CCCNCCNC(=O)C1CCN(C(C)=O)C1. The summed E-state index contributed by atoms with van der Waals surface area (Å²) in [6, 6.07) is 0. The topological polar surface area (TPSA) is 61.4 Å². The second-order valence-corrected chi connectivity index (χ2v) is 4.49. The van der Waals surface area contributed by atoms with Gasteiger partial charge in [0.25, 0.3) is 0 Å². The molecule has 0 aromatic heterocycles. The molecule has 5 nitrogen and oxygen atoms in total. The number of amides is 2. The highest BCUT2D eigenvalue weighted by Crippen LogP contribution is 2.15. The Morgan fingerprint density at radius 1 is 1.29 bits per heavy atom. The molecule has 1 fully saturated rings. The van der Waals surface area contributed by atoms with Crippen molar-refractivity contribution in [2.24, 2.45) is 5.92 Å². The van der Waals surface area contributed by atoms with Crippen LogP contribution in [0.3, 0.4) is 0 Å². The predicted octanol–water partition coefficient (Wildman–Crippen LogP) is -0.0294. The van der Waals surface area contributed by atoms with Crippen LogP contribution in [0.15, 0.2) is 0 Å². The molecule has 1 heterocycles. The van der Waals surface area contributed by atoms with Crippen molar-refractivity contribution < 1.29 is 9.59 Å². The van der Waals surface area contributed by atoms with Crippen LogP contribution in [0.25, 0.3) is 0 Å². The maximum Gasteiger partial charge on any atom is 0.225 e. The van der Waals surface area contributed by atoms with Crippen molar-refractivity contribution in [1.82, 2.24) is 15.5 Å². The van der Waals surface area contributed by atoms with Crippen molar-refractivity contribution in [1.29, 1.82) is 0 Å². The van der Waals surface area contributed by atoms with E-state index in [2.05, 4.69) is 17.6 Å². The maximum atomic E-state index is 11.8. The summed E-state index contributed by atoms with van der Waals surface area (Å²) >= 11 is 0. The number of hydrogen-bond acceptors (Lipinski definition) is 3. The van der Waals surface area contributed by atoms with E-state index in [4.69, 9.17) is 0 Å². The number of carbonyl (C=O) groups is 2. The monoisotopic (exact) mass is 241 g/mol. The van der Waals surface area contributed by atoms with E-state index in [-0.39, 0.29) is 17.7 Å². The van der Waals surface area contributed by atoms with E-state index >= 15 is 0 Å². The minimum absolute atomic E-state index is 0.0231. The molecular weight excluding hydrogens is 218 g/mol. The van der Waals surface area contributed by atoms with E-state index in [1.807, 2.05) is 0 Å². The molecule has 1 unspecified atom stereocenters. The summed E-state index contributed by atoms with van der Waals surface area (Å²) in [6.45, 7) is 7.40. The maximum absolute atomic E-state index is 11.8. The highest BCUT2D eigenvalue weighted by molar-refractivity contribution is 5.81. The van der Waals surface area contributed by atoms with Gasteiger partial charge in [0.1, 0.15) is 0 Å². The van der Waals surface area contributed by atoms with Gasteiger partial charge in [0.15, 0.2) is 0 Å². The van der Waals surface area contributed by atoms with Gasteiger partial charge >= 0.3 is 0 Å². The Kier molecular flexibility index (Phi) is 5.97. The molecule has 17 heavy (non-hydrogen) atoms. The smallest absolute Gasteiger partial charge is 0.225 e. The van der Waals surface area contributed by atoms with Crippen molar-refractivity contribution >= 4 is 11.8 Å². The Bertz CT molecular complexity index is 268. The van der Waals surface area contributed by atoms with Crippen LogP contribution in [-0.2, 0) is 9.59 Å². The van der Waals surface area contributed by atoms with Gasteiger partial charge in [0.2, 0.25) is 11.8 Å². The first-order valence-corrected chi connectivity index (χ1v) is 6.39. The lowest BCUT2D eigenvalue weighted by Gasteiger charge is -2.14. The third-order valence-electron chi connectivity index (χ3n) is 3.03. The summed E-state index contributed by atoms with van der Waals surface area (Å²) in [5, 5.41) is 6.13. The lowest BCUT2D eigenvalue weighted by molar-refractivity contribution is -0.128. The Morgan fingerprint density at radius 3 is 2.65 bits per heavy atom. The fourth-order valence-corrected chi connectivity index (χ4v) is 1.98. The van der Waals surface area contributed by atoms with Crippen molar-refractivity contribution in [3.05, 3.63) is 0 Å². The van der Waals surface area contributed by atoms with Gasteiger partial charge in [-0.3, -0.25) is 9.59 Å². The second-order valence-electron chi connectivity index (χ2n) is 4.49. The second kappa shape index (κ2) is 7.27. The quantitative estimate of drug-likeness (QED) is 0.642. The number of nitrogens with one attached hydrogen (secondary N) is 2. The summed E-state index contributed by atoms with van der Waals surface area (Å²) in [4.78, 5) is 24.6. The Morgan fingerprint density at radius 2 is 2.06 bits per heavy atom. The zero-order chi connectivity index (χ0) is 12.7. The molecule has 2 N–H and O–H groups in total. The molecule has 0 aliphatic carbocycles. The zero-order valence-electron chi connectivity index (χ0n) is 10.8. The fraction of sp³-hybridized carbons (Fsp3) is 0.833. The van der Waals surface area contributed by atoms with Crippen LogP contribution in [0.2, 0.25) is 0 Å². The van der Waals surface area contributed by atoms with Gasteiger partial charge in [0.05, 0.1) is 5.92 Å². The first-order chi connectivity index (χ1) is 8.15. The van der Waals surface area contributed by atoms with Crippen LogP contribution in [0.1, 0.15) is 26.7 Å². The molecular formula is C12H23N3O2. The summed E-state index contributed by atoms with van der Waals surface area (Å²) in [6.07, 6.45) is 1.89. The number of likely N-dealkylation sites (tertiary alicyclic amines) is 1. The molecule has 1 aliphatic heterocycles. The number of carbonyl (C=O) groups excluding carboxylic acids is 2. The molecule has 98 valence electrons. The third-order valence-corrected chi connectivity index (χ3v) is 3.03. The van der Waals surface area contributed by atoms with Gasteiger partial charge < -0.3 is 15.5 Å². The van der Waals surface area contributed by atoms with Gasteiger partial charge in [-0.05, 0) is 19.4 Å². The van der Waals surface area contributed by atoms with Crippen LogP contribution in [-0.4, -0.2) is 49.4 Å².